The summed E-state index contributed by atoms with van der Waals surface area (Å²) >= 11 is 7.45. The molecule has 118 valence electrons. The Balaban J connectivity index is 2.01. The summed E-state index contributed by atoms with van der Waals surface area (Å²) in [5.41, 5.74) is 0.984. The summed E-state index contributed by atoms with van der Waals surface area (Å²) in [4.78, 5) is 13.0. The van der Waals surface area contributed by atoms with E-state index in [1.54, 1.807) is 0 Å². The molecule has 2 N–H and O–H groups in total. The average molecular weight is 339 g/mol. The molecular weight excluding hydrogens is 320 g/mol. The van der Waals surface area contributed by atoms with E-state index in [0.29, 0.717) is 12.2 Å². The van der Waals surface area contributed by atoms with Gasteiger partial charge in [-0.15, -0.1) is 11.3 Å². The molecule has 0 bridgehead atoms. The summed E-state index contributed by atoms with van der Waals surface area (Å²) in [6.45, 7) is 6.14. The maximum atomic E-state index is 11.9. The summed E-state index contributed by atoms with van der Waals surface area (Å²) in [5, 5.41) is 6.05. The van der Waals surface area contributed by atoms with Crippen LogP contribution >= 0.6 is 22.9 Å². The lowest BCUT2D eigenvalue weighted by atomic mass is 10.2. The van der Waals surface area contributed by atoms with E-state index < -0.39 is 11.7 Å². The first kappa shape index (κ1) is 16.6. The van der Waals surface area contributed by atoms with Crippen molar-refractivity contribution in [1.29, 1.82) is 0 Å². The standard InChI is InChI=1S/C16H19ClN2O2S/c1-16(2,3)21-15(20)19-13-7-5-4-6-12(13)18-10-11-8-9-14(17)22-11/h4-9,18H,10H2,1-3H3,(H,19,20). The quantitative estimate of drug-likeness (QED) is 0.788. The number of hydrogen-bond donors (Lipinski definition) is 2. The Kier molecular flexibility index (Phi) is 5.32. The molecule has 0 radical (unpaired) electrons. The minimum Gasteiger partial charge on any atom is -0.444 e. The Morgan fingerprint density at radius 3 is 2.45 bits per heavy atom. The Morgan fingerprint density at radius 1 is 1.18 bits per heavy atom. The van der Waals surface area contributed by atoms with Gasteiger partial charge in [-0.05, 0) is 45.0 Å². The molecule has 1 aromatic heterocycles. The smallest absolute Gasteiger partial charge is 0.412 e. The zero-order chi connectivity index (χ0) is 16.2. The fraction of sp³-hybridized carbons (Fsp3) is 0.312. The van der Waals surface area contributed by atoms with Gasteiger partial charge < -0.3 is 10.1 Å². The Labute approximate surface area is 139 Å². The van der Waals surface area contributed by atoms with E-state index in [1.807, 2.05) is 57.2 Å². The van der Waals surface area contributed by atoms with Gasteiger partial charge in [0.1, 0.15) is 5.60 Å². The number of thiophene rings is 1. The van der Waals surface area contributed by atoms with E-state index in [2.05, 4.69) is 10.6 Å². The van der Waals surface area contributed by atoms with Gasteiger partial charge in [-0.25, -0.2) is 4.79 Å². The van der Waals surface area contributed by atoms with Gasteiger partial charge in [0, 0.05) is 11.4 Å². The van der Waals surface area contributed by atoms with Crippen molar-refractivity contribution in [3.05, 3.63) is 45.6 Å². The summed E-state index contributed by atoms with van der Waals surface area (Å²) in [6, 6.07) is 11.3. The average Bonchev–Trinajstić information content (AvgIpc) is 2.81. The van der Waals surface area contributed by atoms with E-state index in [4.69, 9.17) is 16.3 Å². The largest absolute Gasteiger partial charge is 0.444 e. The molecule has 0 unspecified atom stereocenters. The summed E-state index contributed by atoms with van der Waals surface area (Å²) < 4.78 is 6.03. The van der Waals surface area contributed by atoms with Crippen molar-refractivity contribution in [3.63, 3.8) is 0 Å². The van der Waals surface area contributed by atoms with Gasteiger partial charge in [-0.2, -0.15) is 0 Å². The Hall–Kier alpha value is -1.72. The molecule has 0 atom stereocenters. The number of ether oxygens (including phenoxy) is 1. The minimum absolute atomic E-state index is 0.471. The third-order valence-corrected chi connectivity index (χ3v) is 3.88. The number of amides is 1. The van der Waals surface area contributed by atoms with Gasteiger partial charge in [-0.3, -0.25) is 5.32 Å². The summed E-state index contributed by atoms with van der Waals surface area (Å²) in [5.74, 6) is 0. The summed E-state index contributed by atoms with van der Waals surface area (Å²) in [7, 11) is 0. The summed E-state index contributed by atoms with van der Waals surface area (Å²) in [6.07, 6.45) is -0.471. The SMILES string of the molecule is CC(C)(C)OC(=O)Nc1ccccc1NCc1ccc(Cl)s1. The van der Waals surface area contributed by atoms with E-state index in [-0.39, 0.29) is 0 Å². The normalized spacial score (nSPS) is 11.1. The van der Waals surface area contributed by atoms with E-state index in [0.717, 1.165) is 14.9 Å². The van der Waals surface area contributed by atoms with Crippen LogP contribution in [0.3, 0.4) is 0 Å². The topological polar surface area (TPSA) is 50.4 Å². The van der Waals surface area contributed by atoms with Crippen LogP contribution in [0.4, 0.5) is 16.2 Å². The Bertz CT molecular complexity index is 650. The predicted molar refractivity (Wildman–Crippen MR) is 93.0 cm³/mol. The monoisotopic (exact) mass is 338 g/mol. The van der Waals surface area contributed by atoms with E-state index in [1.165, 1.54) is 11.3 Å². The van der Waals surface area contributed by atoms with Gasteiger partial charge in [0.05, 0.1) is 15.7 Å². The van der Waals surface area contributed by atoms with Crippen LogP contribution in [0.1, 0.15) is 25.6 Å². The molecule has 1 aromatic carbocycles. The third kappa shape index (κ3) is 5.24. The zero-order valence-corrected chi connectivity index (χ0v) is 14.3. The van der Waals surface area contributed by atoms with Gasteiger partial charge >= 0.3 is 6.09 Å². The van der Waals surface area contributed by atoms with Crippen LogP contribution in [-0.4, -0.2) is 11.7 Å². The fourth-order valence-corrected chi connectivity index (χ4v) is 2.82. The number of carbonyl (C=O) groups excluding carboxylic acids is 1. The number of para-hydroxylation sites is 2. The number of anilines is 2. The highest BCUT2D eigenvalue weighted by atomic mass is 35.5. The molecule has 22 heavy (non-hydrogen) atoms. The number of benzene rings is 1. The second-order valence-corrected chi connectivity index (χ2v) is 7.53. The number of halogens is 1. The van der Waals surface area contributed by atoms with E-state index >= 15 is 0 Å². The lowest BCUT2D eigenvalue weighted by Crippen LogP contribution is -2.27. The van der Waals surface area contributed by atoms with Gasteiger partial charge in [0.2, 0.25) is 0 Å². The van der Waals surface area contributed by atoms with Crippen molar-refractivity contribution < 1.29 is 9.53 Å². The molecule has 4 nitrogen and oxygen atoms in total. The van der Waals surface area contributed by atoms with Crippen LogP contribution in [0.2, 0.25) is 4.34 Å². The van der Waals surface area contributed by atoms with Crippen LogP contribution in [0.15, 0.2) is 36.4 Å². The van der Waals surface area contributed by atoms with Gasteiger partial charge in [-0.1, -0.05) is 23.7 Å². The maximum absolute atomic E-state index is 11.9. The van der Waals surface area contributed by atoms with Crippen LogP contribution in [-0.2, 0) is 11.3 Å². The van der Waals surface area contributed by atoms with Crippen molar-refractivity contribution in [2.75, 3.05) is 10.6 Å². The first-order chi connectivity index (χ1) is 10.3. The van der Waals surface area contributed by atoms with Crippen LogP contribution in [0, 0.1) is 0 Å². The highest BCUT2D eigenvalue weighted by molar-refractivity contribution is 7.16. The first-order valence-electron chi connectivity index (χ1n) is 6.90. The molecule has 0 aliphatic rings. The minimum atomic E-state index is -0.528. The molecule has 0 saturated heterocycles. The molecule has 1 amide bonds. The highest BCUT2D eigenvalue weighted by Crippen LogP contribution is 2.25. The number of nitrogens with one attached hydrogen (secondary N) is 2. The second kappa shape index (κ2) is 7.03. The van der Waals surface area contributed by atoms with Crippen LogP contribution in [0.5, 0.6) is 0 Å². The maximum Gasteiger partial charge on any atom is 0.412 e. The number of rotatable bonds is 4. The third-order valence-electron chi connectivity index (χ3n) is 2.64. The molecule has 6 heteroatoms. The van der Waals surface area contributed by atoms with Crippen molar-refractivity contribution in [3.8, 4) is 0 Å². The van der Waals surface area contributed by atoms with Crippen molar-refractivity contribution in [1.82, 2.24) is 0 Å². The molecule has 0 fully saturated rings. The molecule has 0 aliphatic carbocycles. The number of carbonyl (C=O) groups is 1. The fourth-order valence-electron chi connectivity index (χ4n) is 1.79. The lowest BCUT2D eigenvalue weighted by molar-refractivity contribution is 0.0636. The van der Waals surface area contributed by atoms with E-state index in [9.17, 15) is 4.79 Å². The molecule has 0 aliphatic heterocycles. The molecule has 2 aromatic rings. The zero-order valence-electron chi connectivity index (χ0n) is 12.8. The Morgan fingerprint density at radius 2 is 1.86 bits per heavy atom. The molecule has 0 saturated carbocycles. The highest BCUT2D eigenvalue weighted by Gasteiger charge is 2.17. The second-order valence-electron chi connectivity index (χ2n) is 5.73. The molecule has 0 spiro atoms. The molecule has 1 heterocycles. The lowest BCUT2D eigenvalue weighted by Gasteiger charge is -2.20. The van der Waals surface area contributed by atoms with Crippen LogP contribution in [0.25, 0.3) is 0 Å². The van der Waals surface area contributed by atoms with Gasteiger partial charge in [0.15, 0.2) is 0 Å². The molecular formula is C16H19ClN2O2S. The number of hydrogen-bond acceptors (Lipinski definition) is 4. The predicted octanol–water partition coefficient (Wildman–Crippen LogP) is 5.36. The first-order valence-corrected chi connectivity index (χ1v) is 8.10. The van der Waals surface area contributed by atoms with Crippen molar-refractivity contribution in [2.24, 2.45) is 0 Å². The molecule has 2 rings (SSSR count). The van der Waals surface area contributed by atoms with Gasteiger partial charge in [0.25, 0.3) is 0 Å². The van der Waals surface area contributed by atoms with Crippen molar-refractivity contribution >= 4 is 40.4 Å². The van der Waals surface area contributed by atoms with Crippen LogP contribution < -0.4 is 10.6 Å². The van der Waals surface area contributed by atoms with Crippen molar-refractivity contribution in [2.45, 2.75) is 32.9 Å².